The number of Topliss-reactive ketones (excluding diaryl/α,β-unsaturated/α-hetero) is 1. The first-order chi connectivity index (χ1) is 27.0. The summed E-state index contributed by atoms with van der Waals surface area (Å²) in [6, 6.07) is 25.1. The number of phenolic OH excluding ortho intramolecular Hbond substituents is 1. The number of ketones is 1. The van der Waals surface area contributed by atoms with Crippen molar-refractivity contribution in [3.63, 3.8) is 0 Å². The Kier molecular flexibility index (Phi) is 17.9. The van der Waals surface area contributed by atoms with E-state index < -0.39 is 58.9 Å². The highest BCUT2D eigenvalue weighted by Gasteiger charge is 2.63. The summed E-state index contributed by atoms with van der Waals surface area (Å²) < 4.78 is 47.7. The lowest BCUT2D eigenvalue weighted by molar-refractivity contribution is -0.273. The lowest BCUT2D eigenvalue weighted by Gasteiger charge is -2.30. The molecule has 2 unspecified atom stereocenters. The maximum absolute atomic E-state index is 12.8. The molecule has 0 aromatic heterocycles. The van der Waals surface area contributed by atoms with Crippen molar-refractivity contribution in [2.45, 2.75) is 76.3 Å². The second-order valence-electron chi connectivity index (χ2n) is 13.6. The van der Waals surface area contributed by atoms with E-state index in [1.807, 2.05) is 19.1 Å². The molecule has 5 N–H and O–H groups in total. The number of amides is 1. The number of hydrogen-bond acceptors (Lipinski definition) is 8. The molecule has 0 fully saturated rings. The minimum atomic E-state index is -5.03. The predicted octanol–water partition coefficient (Wildman–Crippen LogP) is 8.43. The molecule has 12 nitrogen and oxygen atoms in total. The number of rotatable bonds is 13. The van der Waals surface area contributed by atoms with Gasteiger partial charge in [-0.3, -0.25) is 9.59 Å². The van der Waals surface area contributed by atoms with E-state index in [4.69, 9.17) is 31.7 Å². The molecule has 0 heterocycles. The van der Waals surface area contributed by atoms with E-state index in [-0.39, 0.29) is 24.4 Å². The van der Waals surface area contributed by atoms with Gasteiger partial charge in [0.25, 0.3) is 5.60 Å². The standard InChI is InChI=1S/C18H17ClO3.C14H19NO5.C10H9F3O3/c1-2-12-3-5-13(6-4-12)16(18(21)22)11-17(20)14-7-9-15(19)10-8-14;1-14(2,3)20-13(19)15-11(12(17)18)8-9-4-6-10(16)7-5-9;1-16-9(8(14)15,10(11,12)13)7-5-3-2-4-6-7/h3-10,16H,2,11H2,1H3,(H,21,22);4-7,11,16H,8H2,1-3H3,(H,15,19)(H,17,18);2-6H,1H3,(H,14,15)/t;;9-/m..1/s1. The number of carbonyl (C=O) groups excluding carboxylic acids is 2. The monoisotopic (exact) mass is 831 g/mol. The number of ether oxygens (including phenoxy) is 2. The fraction of sp³-hybridized carbons (Fsp3) is 0.310. The van der Waals surface area contributed by atoms with Crippen LogP contribution in [-0.4, -0.2) is 75.1 Å². The number of carboxylic acids is 3. The number of carboxylic acid groups (broad SMARTS) is 3. The van der Waals surface area contributed by atoms with Crippen molar-refractivity contribution in [3.8, 4) is 5.75 Å². The smallest absolute Gasteiger partial charge is 0.432 e. The minimum Gasteiger partial charge on any atom is -0.508 e. The van der Waals surface area contributed by atoms with E-state index in [9.17, 15) is 42.3 Å². The van der Waals surface area contributed by atoms with Gasteiger partial charge in [0.2, 0.25) is 0 Å². The topological polar surface area (TPSA) is 197 Å². The van der Waals surface area contributed by atoms with Crippen LogP contribution in [0.3, 0.4) is 0 Å². The number of carbonyl (C=O) groups is 5. The predicted molar refractivity (Wildman–Crippen MR) is 208 cm³/mol. The summed E-state index contributed by atoms with van der Waals surface area (Å²) >= 11 is 5.79. The third-order valence-corrected chi connectivity index (χ3v) is 8.45. The molecule has 4 aromatic rings. The molecule has 58 heavy (non-hydrogen) atoms. The van der Waals surface area contributed by atoms with E-state index in [1.165, 1.54) is 30.3 Å². The average molecular weight is 832 g/mol. The van der Waals surface area contributed by atoms with Gasteiger partial charge in [-0.05, 0) is 80.3 Å². The Morgan fingerprint density at radius 3 is 1.72 bits per heavy atom. The van der Waals surface area contributed by atoms with Crippen LogP contribution in [0, 0.1) is 0 Å². The van der Waals surface area contributed by atoms with Crippen molar-refractivity contribution in [1.29, 1.82) is 0 Å². The molecule has 0 saturated carbocycles. The quantitative estimate of drug-likeness (QED) is 0.0811. The molecule has 4 rings (SSSR count). The van der Waals surface area contributed by atoms with Crippen LogP contribution in [0.4, 0.5) is 18.0 Å². The SMILES string of the molecule is CC(C)(C)OC(=O)NC(Cc1ccc(O)cc1)C(=O)O.CCc1ccc(C(CC(=O)c2ccc(Cl)cc2)C(=O)O)cc1.CO[C@@](C(=O)O)(c1ccccc1)C(F)(F)F. The first-order valence-corrected chi connectivity index (χ1v) is 17.9. The summed E-state index contributed by atoms with van der Waals surface area (Å²) in [6.07, 6.45) is -4.88. The molecule has 0 aliphatic carbocycles. The fourth-order valence-corrected chi connectivity index (χ4v) is 5.32. The molecule has 3 atom stereocenters. The Morgan fingerprint density at radius 2 is 1.29 bits per heavy atom. The molecule has 0 radical (unpaired) electrons. The summed E-state index contributed by atoms with van der Waals surface area (Å²) in [4.78, 5) is 57.4. The number of nitrogens with one attached hydrogen (secondary N) is 1. The van der Waals surface area contributed by atoms with Gasteiger partial charge in [-0.2, -0.15) is 13.2 Å². The molecule has 0 aliphatic rings. The molecule has 1 amide bonds. The highest BCUT2D eigenvalue weighted by molar-refractivity contribution is 6.30. The van der Waals surface area contributed by atoms with Gasteiger partial charge in [-0.1, -0.05) is 85.3 Å². The van der Waals surface area contributed by atoms with Gasteiger partial charge in [0.05, 0.1) is 5.92 Å². The lowest BCUT2D eigenvalue weighted by atomic mass is 9.91. The van der Waals surface area contributed by atoms with Gasteiger partial charge < -0.3 is 35.2 Å². The van der Waals surface area contributed by atoms with Gasteiger partial charge >= 0.3 is 30.2 Å². The van der Waals surface area contributed by atoms with Crippen LogP contribution >= 0.6 is 11.6 Å². The number of alkyl halides is 3. The van der Waals surface area contributed by atoms with Crippen LogP contribution in [-0.2, 0) is 42.3 Å². The van der Waals surface area contributed by atoms with Gasteiger partial charge in [-0.15, -0.1) is 0 Å². The van der Waals surface area contributed by atoms with Crippen LogP contribution in [0.5, 0.6) is 5.75 Å². The Morgan fingerprint density at radius 1 is 0.759 bits per heavy atom. The summed E-state index contributed by atoms with van der Waals surface area (Å²) in [5.74, 6) is -5.18. The number of methoxy groups -OCH3 is 1. The van der Waals surface area contributed by atoms with E-state index in [0.717, 1.165) is 24.1 Å². The summed E-state index contributed by atoms with van der Waals surface area (Å²) in [7, 11) is 0.717. The molecule has 0 aliphatic heterocycles. The number of hydrogen-bond donors (Lipinski definition) is 5. The number of benzene rings is 4. The van der Waals surface area contributed by atoms with Crippen LogP contribution in [0.2, 0.25) is 5.02 Å². The van der Waals surface area contributed by atoms with Crippen LogP contribution in [0.15, 0.2) is 103 Å². The normalized spacial score (nSPS) is 13.1. The molecule has 4 aromatic carbocycles. The number of alkyl carbamates (subject to hydrolysis) is 1. The highest BCUT2D eigenvalue weighted by atomic mass is 35.5. The van der Waals surface area contributed by atoms with Crippen molar-refractivity contribution in [2.75, 3.05) is 7.11 Å². The molecular weight excluding hydrogens is 787 g/mol. The largest absolute Gasteiger partial charge is 0.508 e. The summed E-state index contributed by atoms with van der Waals surface area (Å²) in [6.45, 7) is 7.13. The maximum atomic E-state index is 12.8. The van der Waals surface area contributed by atoms with E-state index in [2.05, 4.69) is 10.1 Å². The molecule has 0 bridgehead atoms. The van der Waals surface area contributed by atoms with Gasteiger partial charge in [0.15, 0.2) is 5.78 Å². The Balaban J connectivity index is 0.000000304. The Labute approximate surface area is 338 Å². The van der Waals surface area contributed by atoms with Gasteiger partial charge in [0.1, 0.15) is 17.4 Å². The molecule has 312 valence electrons. The van der Waals surface area contributed by atoms with E-state index in [0.29, 0.717) is 28.8 Å². The average Bonchev–Trinajstić information content (AvgIpc) is 3.14. The molecule has 0 spiro atoms. The highest BCUT2D eigenvalue weighted by Crippen LogP contribution is 2.42. The van der Waals surface area contributed by atoms with Gasteiger partial charge in [0, 0.05) is 36.1 Å². The third-order valence-electron chi connectivity index (χ3n) is 8.20. The van der Waals surface area contributed by atoms with Crippen molar-refractivity contribution in [1.82, 2.24) is 5.32 Å². The van der Waals surface area contributed by atoms with Crippen LogP contribution < -0.4 is 5.32 Å². The number of halogens is 4. The van der Waals surface area contributed by atoms with Crippen molar-refractivity contribution < 1.29 is 67.0 Å². The summed E-state index contributed by atoms with van der Waals surface area (Å²) in [5.41, 5.74) is -1.52. The zero-order valence-corrected chi connectivity index (χ0v) is 33.0. The van der Waals surface area contributed by atoms with E-state index >= 15 is 0 Å². The zero-order chi connectivity index (χ0) is 43.8. The first kappa shape index (κ1) is 48.2. The van der Waals surface area contributed by atoms with Crippen molar-refractivity contribution in [2.24, 2.45) is 0 Å². The molecule has 16 heteroatoms. The Hall–Kier alpha value is -5.93. The number of aryl methyl sites for hydroxylation is 1. The third kappa shape index (κ3) is 14.5. The van der Waals surface area contributed by atoms with Crippen LogP contribution in [0.25, 0.3) is 0 Å². The lowest BCUT2D eigenvalue weighted by Crippen LogP contribution is -2.50. The number of aliphatic carboxylic acids is 3. The first-order valence-electron chi connectivity index (χ1n) is 17.6. The number of aromatic hydroxyl groups is 1. The second-order valence-corrected chi connectivity index (χ2v) is 14.0. The zero-order valence-electron chi connectivity index (χ0n) is 32.2. The second kappa shape index (κ2) is 21.6. The summed E-state index contributed by atoms with van der Waals surface area (Å²) in [5, 5.41) is 39.3. The molecular formula is C42H45ClF3NO11. The maximum Gasteiger partial charge on any atom is 0.432 e. The van der Waals surface area contributed by atoms with Crippen molar-refractivity contribution in [3.05, 3.63) is 136 Å². The fourth-order valence-electron chi connectivity index (χ4n) is 5.19. The van der Waals surface area contributed by atoms with E-state index in [1.54, 1.807) is 69.3 Å². The van der Waals surface area contributed by atoms with Crippen LogP contribution in [0.1, 0.15) is 72.6 Å². The Bertz CT molecular complexity index is 1970. The van der Waals surface area contributed by atoms with Gasteiger partial charge in [-0.25, -0.2) is 14.4 Å². The van der Waals surface area contributed by atoms with Crippen molar-refractivity contribution >= 4 is 41.4 Å². The minimum absolute atomic E-state index is 0.0670. The number of phenols is 1. The molecule has 0 saturated heterocycles.